The van der Waals surface area contributed by atoms with E-state index in [-0.39, 0.29) is 0 Å². The van der Waals surface area contributed by atoms with Gasteiger partial charge >= 0.3 is 0 Å². The van der Waals surface area contributed by atoms with Crippen LogP contribution >= 0.6 is 27.7 Å². The van der Waals surface area contributed by atoms with E-state index < -0.39 is 0 Å². The van der Waals surface area contributed by atoms with Crippen molar-refractivity contribution in [2.45, 2.75) is 30.7 Å². The van der Waals surface area contributed by atoms with Gasteiger partial charge in [0.15, 0.2) is 5.82 Å². The Kier molecular flexibility index (Phi) is 6.42. The molecule has 3 aromatic carbocycles. The summed E-state index contributed by atoms with van der Waals surface area (Å²) in [6.45, 7) is 2.14. The van der Waals surface area contributed by atoms with E-state index in [9.17, 15) is 0 Å². The van der Waals surface area contributed by atoms with E-state index in [1.165, 1.54) is 16.3 Å². The van der Waals surface area contributed by atoms with Crippen LogP contribution in [0.25, 0.3) is 10.8 Å². The van der Waals surface area contributed by atoms with Gasteiger partial charge in [-0.05, 0) is 34.9 Å². The van der Waals surface area contributed by atoms with Gasteiger partial charge in [0.2, 0.25) is 5.16 Å². The van der Waals surface area contributed by atoms with Crippen LogP contribution in [-0.2, 0) is 12.2 Å². The predicted octanol–water partition coefficient (Wildman–Crippen LogP) is 6.32. The topological polar surface area (TPSA) is 43.1 Å². The molecule has 29 heavy (non-hydrogen) atoms. The van der Waals surface area contributed by atoms with E-state index in [0.29, 0.717) is 0 Å². The first kappa shape index (κ1) is 19.9. The van der Waals surface area contributed by atoms with Crippen molar-refractivity contribution in [3.63, 3.8) is 0 Å². The number of thioether (sulfide) groups is 1. The van der Waals surface area contributed by atoms with Gasteiger partial charge < -0.3 is 0 Å². The molecule has 1 heterocycles. The Morgan fingerprint density at radius 1 is 1.00 bits per heavy atom. The maximum Gasteiger partial charge on any atom is 0.212 e. The molecule has 6 heteroatoms. The third-order valence-corrected chi connectivity index (χ3v) is 6.09. The van der Waals surface area contributed by atoms with Gasteiger partial charge in [-0.25, -0.2) is 0 Å². The van der Waals surface area contributed by atoms with Gasteiger partial charge in [0, 0.05) is 22.2 Å². The molecule has 4 rings (SSSR count). The molecule has 0 amide bonds. The zero-order valence-corrected chi connectivity index (χ0v) is 18.5. The van der Waals surface area contributed by atoms with Gasteiger partial charge in [0.1, 0.15) is 0 Å². The van der Waals surface area contributed by atoms with Gasteiger partial charge in [0.05, 0.1) is 6.21 Å². The van der Waals surface area contributed by atoms with Crippen LogP contribution in [0.2, 0.25) is 0 Å². The molecule has 0 aliphatic carbocycles. The largest absolute Gasteiger partial charge is 0.212 e. The molecule has 4 aromatic rings. The van der Waals surface area contributed by atoms with Crippen LogP contribution < -0.4 is 0 Å². The second-order valence-electron chi connectivity index (χ2n) is 6.69. The number of aromatic nitrogens is 3. The van der Waals surface area contributed by atoms with Gasteiger partial charge in [-0.15, -0.1) is 10.2 Å². The third-order valence-electron chi connectivity index (χ3n) is 4.57. The summed E-state index contributed by atoms with van der Waals surface area (Å²) in [6, 6.07) is 23.0. The van der Waals surface area contributed by atoms with Gasteiger partial charge in [0.25, 0.3) is 0 Å². The van der Waals surface area contributed by atoms with Crippen molar-refractivity contribution in [3.8, 4) is 0 Å². The summed E-state index contributed by atoms with van der Waals surface area (Å²) in [6.07, 6.45) is 3.76. The van der Waals surface area contributed by atoms with Crippen LogP contribution in [0.1, 0.15) is 30.3 Å². The molecule has 0 spiro atoms. The average Bonchev–Trinajstić information content (AvgIpc) is 3.13. The Hall–Kier alpha value is -2.44. The second kappa shape index (κ2) is 9.37. The summed E-state index contributed by atoms with van der Waals surface area (Å²) < 4.78 is 2.97. The third kappa shape index (κ3) is 4.77. The van der Waals surface area contributed by atoms with E-state index >= 15 is 0 Å². The van der Waals surface area contributed by atoms with Crippen molar-refractivity contribution in [1.29, 1.82) is 0 Å². The number of fused-ring (bicyclic) bond motifs is 1. The van der Waals surface area contributed by atoms with E-state index in [0.717, 1.165) is 39.6 Å². The maximum absolute atomic E-state index is 4.77. The molecule has 0 bridgehead atoms. The molecule has 0 N–H and O–H groups in total. The van der Waals surface area contributed by atoms with E-state index in [1.54, 1.807) is 11.8 Å². The summed E-state index contributed by atoms with van der Waals surface area (Å²) >= 11 is 5.13. The average molecular weight is 465 g/mol. The fourth-order valence-electron chi connectivity index (χ4n) is 3.09. The summed E-state index contributed by atoms with van der Waals surface area (Å²) in [5, 5.41) is 16.8. The Bertz CT molecular complexity index is 1130. The lowest BCUT2D eigenvalue weighted by atomic mass is 10.1. The molecule has 0 saturated carbocycles. The highest BCUT2D eigenvalue weighted by Gasteiger charge is 2.12. The molecule has 0 fully saturated rings. The second-order valence-corrected chi connectivity index (χ2v) is 8.55. The highest BCUT2D eigenvalue weighted by Crippen LogP contribution is 2.24. The van der Waals surface area contributed by atoms with Crippen LogP contribution in [0.3, 0.4) is 0 Å². The Morgan fingerprint density at radius 3 is 2.62 bits per heavy atom. The van der Waals surface area contributed by atoms with Crippen molar-refractivity contribution in [2.24, 2.45) is 5.10 Å². The van der Waals surface area contributed by atoms with Crippen molar-refractivity contribution < 1.29 is 0 Å². The maximum atomic E-state index is 4.77. The number of hydrogen-bond acceptors (Lipinski definition) is 4. The Morgan fingerprint density at radius 2 is 1.79 bits per heavy atom. The van der Waals surface area contributed by atoms with E-state index in [2.05, 4.69) is 99.8 Å². The van der Waals surface area contributed by atoms with Crippen LogP contribution in [0.4, 0.5) is 0 Å². The smallest absolute Gasteiger partial charge is 0.191 e. The molecule has 0 radical (unpaired) electrons. The van der Waals surface area contributed by atoms with Crippen LogP contribution in [0.5, 0.6) is 0 Å². The van der Waals surface area contributed by atoms with Crippen molar-refractivity contribution in [2.75, 3.05) is 0 Å². The lowest BCUT2D eigenvalue weighted by molar-refractivity contribution is 0.700. The van der Waals surface area contributed by atoms with E-state index in [1.807, 2.05) is 10.9 Å². The summed E-state index contributed by atoms with van der Waals surface area (Å²) in [5.41, 5.74) is 2.32. The molecule has 0 aliphatic rings. The minimum Gasteiger partial charge on any atom is -0.191 e. The van der Waals surface area contributed by atoms with Gasteiger partial charge in [-0.1, -0.05) is 89.2 Å². The highest BCUT2D eigenvalue weighted by molar-refractivity contribution is 9.10. The number of nitrogens with zero attached hydrogens (tertiary/aromatic N) is 4. The normalized spacial score (nSPS) is 11.5. The number of aryl methyl sites for hydroxylation is 1. The standard InChI is InChI=1S/C23H21BrN4S/c1-2-6-22-26-27-23(29-16-17-11-13-20(24)14-12-17)28(22)25-15-19-9-5-8-18-7-3-4-10-21(18)19/h3-5,7-15H,2,6,16H2,1H3/b25-15-. The molecule has 1 aromatic heterocycles. The van der Waals surface area contributed by atoms with Gasteiger partial charge in [-0.2, -0.15) is 9.78 Å². The number of benzene rings is 3. The SMILES string of the molecule is CCCc1nnc(SCc2ccc(Br)cc2)n1/N=C\c1cccc2ccccc12. The number of rotatable bonds is 7. The summed E-state index contributed by atoms with van der Waals surface area (Å²) in [5.74, 6) is 1.71. The molecule has 0 saturated heterocycles. The lowest BCUT2D eigenvalue weighted by Gasteiger charge is -2.05. The first-order valence-electron chi connectivity index (χ1n) is 9.58. The summed E-state index contributed by atoms with van der Waals surface area (Å²) in [4.78, 5) is 0. The van der Waals surface area contributed by atoms with Crippen LogP contribution in [0, 0.1) is 0 Å². The zero-order chi connectivity index (χ0) is 20.1. The molecular weight excluding hydrogens is 444 g/mol. The molecule has 146 valence electrons. The van der Waals surface area contributed by atoms with Gasteiger partial charge in [-0.3, -0.25) is 0 Å². The van der Waals surface area contributed by atoms with Crippen LogP contribution in [-0.4, -0.2) is 21.1 Å². The lowest BCUT2D eigenvalue weighted by Crippen LogP contribution is -2.00. The quantitative estimate of drug-likeness (QED) is 0.237. The predicted molar refractivity (Wildman–Crippen MR) is 125 cm³/mol. The molecule has 4 nitrogen and oxygen atoms in total. The highest BCUT2D eigenvalue weighted by atomic mass is 79.9. The van der Waals surface area contributed by atoms with Crippen LogP contribution in [0.15, 0.2) is 81.5 Å². The first-order chi connectivity index (χ1) is 14.2. The number of halogens is 1. The van der Waals surface area contributed by atoms with Crippen molar-refractivity contribution in [1.82, 2.24) is 14.9 Å². The number of hydrogen-bond donors (Lipinski definition) is 0. The Balaban J connectivity index is 1.62. The van der Waals surface area contributed by atoms with Crippen molar-refractivity contribution in [3.05, 3.63) is 88.2 Å². The minimum atomic E-state index is 0.813. The molecule has 0 atom stereocenters. The fourth-order valence-corrected chi connectivity index (χ4v) is 4.22. The monoisotopic (exact) mass is 464 g/mol. The fraction of sp³-hybridized carbons (Fsp3) is 0.174. The first-order valence-corrected chi connectivity index (χ1v) is 11.4. The molecule has 0 unspecified atom stereocenters. The molecular formula is C23H21BrN4S. The molecule has 0 aliphatic heterocycles. The minimum absolute atomic E-state index is 0.813. The van der Waals surface area contributed by atoms with Crippen molar-refractivity contribution >= 4 is 44.7 Å². The zero-order valence-electron chi connectivity index (χ0n) is 16.1. The van der Waals surface area contributed by atoms with E-state index in [4.69, 9.17) is 5.10 Å². The summed E-state index contributed by atoms with van der Waals surface area (Å²) in [7, 11) is 0. The Labute approximate surface area is 183 Å².